The monoisotopic (exact) mass is 266 g/mol. The Kier molecular flexibility index (Phi) is 4.53. The van der Waals surface area contributed by atoms with Gasteiger partial charge in [0.05, 0.1) is 33.0 Å². The molecule has 4 nitrogen and oxygen atoms in total. The molecule has 0 saturated heterocycles. The summed E-state index contributed by atoms with van der Waals surface area (Å²) in [5.41, 5.74) is 0.720. The van der Waals surface area contributed by atoms with E-state index in [0.29, 0.717) is 23.2 Å². The predicted molar refractivity (Wildman–Crippen MR) is 73.0 cm³/mol. The van der Waals surface area contributed by atoms with Gasteiger partial charge in [-0.15, -0.1) is 0 Å². The zero-order valence-electron chi connectivity index (χ0n) is 11.8. The molecule has 1 N–H and O–H groups in total. The van der Waals surface area contributed by atoms with E-state index in [4.69, 9.17) is 14.2 Å². The van der Waals surface area contributed by atoms with Gasteiger partial charge in [0.15, 0.2) is 0 Å². The number of methoxy groups -OCH3 is 3. The second kappa shape index (κ2) is 6.15. The van der Waals surface area contributed by atoms with Crippen LogP contribution in [0, 0.1) is 5.92 Å². The molecule has 1 atom stereocenters. The molecule has 19 heavy (non-hydrogen) atoms. The van der Waals surface area contributed by atoms with Crippen LogP contribution in [0.5, 0.6) is 17.2 Å². The molecule has 0 amide bonds. The molecular formula is C15H22O4. The van der Waals surface area contributed by atoms with Gasteiger partial charge in [0, 0.05) is 12.1 Å². The van der Waals surface area contributed by atoms with Crippen molar-refractivity contribution >= 4 is 0 Å². The minimum Gasteiger partial charge on any atom is -0.496 e. The van der Waals surface area contributed by atoms with E-state index in [-0.39, 0.29) is 0 Å². The molecular weight excluding hydrogens is 244 g/mol. The second-order valence-electron chi connectivity index (χ2n) is 4.99. The van der Waals surface area contributed by atoms with Crippen LogP contribution in [0.1, 0.15) is 37.4 Å². The van der Waals surface area contributed by atoms with E-state index >= 15 is 0 Å². The zero-order valence-corrected chi connectivity index (χ0v) is 11.8. The van der Waals surface area contributed by atoms with Gasteiger partial charge in [-0.1, -0.05) is 19.3 Å². The summed E-state index contributed by atoms with van der Waals surface area (Å²) in [5, 5.41) is 10.4. The smallest absolute Gasteiger partial charge is 0.132 e. The highest BCUT2D eigenvalue weighted by Gasteiger charge is 2.26. The van der Waals surface area contributed by atoms with Crippen LogP contribution in [0.25, 0.3) is 0 Å². The van der Waals surface area contributed by atoms with Crippen molar-refractivity contribution in [2.24, 2.45) is 5.92 Å². The van der Waals surface area contributed by atoms with Crippen molar-refractivity contribution in [3.63, 3.8) is 0 Å². The molecule has 0 aliphatic heterocycles. The Bertz CT molecular complexity index is 401. The van der Waals surface area contributed by atoms with Crippen molar-refractivity contribution in [1.82, 2.24) is 0 Å². The quantitative estimate of drug-likeness (QED) is 0.860. The maximum Gasteiger partial charge on any atom is 0.132 e. The minimum atomic E-state index is -0.555. The normalized spacial score (nSPS) is 16.6. The van der Waals surface area contributed by atoms with Crippen LogP contribution in [0.2, 0.25) is 0 Å². The molecule has 4 heteroatoms. The van der Waals surface area contributed by atoms with Crippen LogP contribution in [-0.2, 0) is 0 Å². The first-order valence-electron chi connectivity index (χ1n) is 6.67. The lowest BCUT2D eigenvalue weighted by Crippen LogP contribution is -2.15. The number of aliphatic hydroxyl groups excluding tert-OH is 1. The fourth-order valence-electron chi connectivity index (χ4n) is 2.52. The first kappa shape index (κ1) is 14.0. The summed E-state index contributed by atoms with van der Waals surface area (Å²) in [5.74, 6) is 2.51. The number of benzene rings is 1. The molecule has 2 rings (SSSR count). The summed E-state index contributed by atoms with van der Waals surface area (Å²) in [6.45, 7) is 0. The summed E-state index contributed by atoms with van der Waals surface area (Å²) in [4.78, 5) is 0. The molecule has 1 aliphatic carbocycles. The standard InChI is InChI=1S/C15H22O4/c1-17-11-8-13(18-2)15(14(9-11)19-3)12(16)7-10-5-4-6-10/h8-10,12,16H,4-7H2,1-3H3. The zero-order chi connectivity index (χ0) is 13.8. The second-order valence-corrected chi connectivity index (χ2v) is 4.99. The summed E-state index contributed by atoms with van der Waals surface area (Å²) in [7, 11) is 4.78. The van der Waals surface area contributed by atoms with Crippen molar-refractivity contribution in [3.8, 4) is 17.2 Å². The molecule has 0 bridgehead atoms. The minimum absolute atomic E-state index is 0.555. The molecule has 0 aromatic heterocycles. The van der Waals surface area contributed by atoms with Crippen LogP contribution in [-0.4, -0.2) is 26.4 Å². The van der Waals surface area contributed by atoms with Gasteiger partial charge in [0.1, 0.15) is 17.2 Å². The van der Waals surface area contributed by atoms with E-state index in [2.05, 4.69) is 0 Å². The van der Waals surface area contributed by atoms with E-state index in [1.807, 2.05) is 0 Å². The summed E-state index contributed by atoms with van der Waals surface area (Å²) < 4.78 is 15.9. The van der Waals surface area contributed by atoms with Crippen molar-refractivity contribution in [2.45, 2.75) is 31.8 Å². The van der Waals surface area contributed by atoms with E-state index < -0.39 is 6.10 Å². The molecule has 1 aromatic carbocycles. The molecule has 0 heterocycles. The third-order valence-corrected chi connectivity index (χ3v) is 3.87. The summed E-state index contributed by atoms with van der Waals surface area (Å²) in [6.07, 6.45) is 3.89. The fourth-order valence-corrected chi connectivity index (χ4v) is 2.52. The van der Waals surface area contributed by atoms with Gasteiger partial charge in [-0.05, 0) is 12.3 Å². The van der Waals surface area contributed by atoms with Gasteiger partial charge in [-0.25, -0.2) is 0 Å². The van der Waals surface area contributed by atoms with Crippen LogP contribution >= 0.6 is 0 Å². The first-order valence-corrected chi connectivity index (χ1v) is 6.67. The van der Waals surface area contributed by atoms with Crippen LogP contribution in [0.4, 0.5) is 0 Å². The molecule has 1 saturated carbocycles. The Balaban J connectivity index is 2.29. The van der Waals surface area contributed by atoms with E-state index in [1.54, 1.807) is 33.5 Å². The van der Waals surface area contributed by atoms with Gasteiger partial charge in [-0.2, -0.15) is 0 Å². The molecule has 0 spiro atoms. The van der Waals surface area contributed by atoms with Gasteiger partial charge < -0.3 is 19.3 Å². The lowest BCUT2D eigenvalue weighted by molar-refractivity contribution is 0.113. The number of hydrogen-bond acceptors (Lipinski definition) is 4. The number of aliphatic hydroxyl groups is 1. The summed E-state index contributed by atoms with van der Waals surface area (Å²) >= 11 is 0. The Labute approximate surface area is 114 Å². The molecule has 0 radical (unpaired) electrons. The third kappa shape index (κ3) is 2.95. The van der Waals surface area contributed by atoms with E-state index in [9.17, 15) is 5.11 Å². The lowest BCUT2D eigenvalue weighted by atomic mass is 9.80. The maximum absolute atomic E-state index is 10.4. The third-order valence-electron chi connectivity index (χ3n) is 3.87. The van der Waals surface area contributed by atoms with Gasteiger partial charge in [0.2, 0.25) is 0 Å². The van der Waals surface area contributed by atoms with Gasteiger partial charge >= 0.3 is 0 Å². The van der Waals surface area contributed by atoms with Crippen molar-refractivity contribution in [2.75, 3.05) is 21.3 Å². The average Bonchev–Trinajstić information content (AvgIpc) is 2.40. The van der Waals surface area contributed by atoms with Gasteiger partial charge in [-0.3, -0.25) is 0 Å². The Hall–Kier alpha value is -1.42. The molecule has 106 valence electrons. The maximum atomic E-state index is 10.4. The highest BCUT2D eigenvalue weighted by Crippen LogP contribution is 2.42. The number of rotatable bonds is 6. The molecule has 1 aliphatic rings. The first-order chi connectivity index (χ1) is 9.19. The Morgan fingerprint density at radius 3 is 2.05 bits per heavy atom. The Morgan fingerprint density at radius 1 is 1.11 bits per heavy atom. The summed E-state index contributed by atoms with van der Waals surface area (Å²) in [6, 6.07) is 3.56. The van der Waals surface area contributed by atoms with Crippen LogP contribution in [0.3, 0.4) is 0 Å². The molecule has 1 aromatic rings. The fraction of sp³-hybridized carbons (Fsp3) is 0.600. The largest absolute Gasteiger partial charge is 0.496 e. The number of hydrogen-bond donors (Lipinski definition) is 1. The molecule has 1 unspecified atom stereocenters. The predicted octanol–water partition coefficient (Wildman–Crippen LogP) is 2.94. The van der Waals surface area contributed by atoms with E-state index in [1.165, 1.54) is 19.3 Å². The topological polar surface area (TPSA) is 47.9 Å². The van der Waals surface area contributed by atoms with Crippen molar-refractivity contribution in [1.29, 1.82) is 0 Å². The Morgan fingerprint density at radius 2 is 1.68 bits per heavy atom. The average molecular weight is 266 g/mol. The highest BCUT2D eigenvalue weighted by atomic mass is 16.5. The molecule has 1 fully saturated rings. The SMILES string of the molecule is COc1cc(OC)c(C(O)CC2CCC2)c(OC)c1. The lowest BCUT2D eigenvalue weighted by Gasteiger charge is -2.28. The van der Waals surface area contributed by atoms with Crippen molar-refractivity contribution < 1.29 is 19.3 Å². The van der Waals surface area contributed by atoms with E-state index in [0.717, 1.165) is 12.0 Å². The van der Waals surface area contributed by atoms with Crippen molar-refractivity contribution in [3.05, 3.63) is 17.7 Å². The van der Waals surface area contributed by atoms with Gasteiger partial charge in [0.25, 0.3) is 0 Å². The van der Waals surface area contributed by atoms with Crippen LogP contribution in [0.15, 0.2) is 12.1 Å². The van der Waals surface area contributed by atoms with Crippen LogP contribution < -0.4 is 14.2 Å². The highest BCUT2D eigenvalue weighted by molar-refractivity contribution is 5.51. The number of ether oxygens (including phenoxy) is 3.